The van der Waals surface area contributed by atoms with Crippen molar-refractivity contribution < 1.29 is 0 Å². The van der Waals surface area contributed by atoms with Crippen LogP contribution in [0.1, 0.15) is 31.2 Å². The van der Waals surface area contributed by atoms with Gasteiger partial charge in [-0.3, -0.25) is 0 Å². The van der Waals surface area contributed by atoms with Gasteiger partial charge < -0.3 is 10.2 Å². The van der Waals surface area contributed by atoms with E-state index in [1.807, 2.05) is 0 Å². The summed E-state index contributed by atoms with van der Waals surface area (Å²) in [6.45, 7) is 7.09. The fourth-order valence-corrected chi connectivity index (χ4v) is 2.84. The molecule has 0 aromatic heterocycles. The molecule has 100 valence electrons. The zero-order valence-electron chi connectivity index (χ0n) is 11.7. The average molecular weight is 246 g/mol. The van der Waals surface area contributed by atoms with Crippen molar-refractivity contribution in [2.75, 3.05) is 33.2 Å². The lowest BCUT2D eigenvalue weighted by Crippen LogP contribution is -2.38. The Kier molecular flexibility index (Phi) is 5.21. The van der Waals surface area contributed by atoms with Crippen LogP contribution in [0.4, 0.5) is 0 Å². The highest BCUT2D eigenvalue weighted by molar-refractivity contribution is 5.18. The van der Waals surface area contributed by atoms with Crippen molar-refractivity contribution in [1.29, 1.82) is 0 Å². The quantitative estimate of drug-likeness (QED) is 0.859. The van der Waals surface area contributed by atoms with Crippen molar-refractivity contribution in [2.24, 2.45) is 5.92 Å². The van der Waals surface area contributed by atoms with Crippen LogP contribution >= 0.6 is 0 Å². The molecule has 2 heteroatoms. The van der Waals surface area contributed by atoms with Gasteiger partial charge >= 0.3 is 0 Å². The van der Waals surface area contributed by atoms with Crippen LogP contribution in [0.15, 0.2) is 30.3 Å². The Balaban J connectivity index is 1.69. The molecule has 0 spiro atoms. The molecule has 1 saturated heterocycles. The van der Waals surface area contributed by atoms with Gasteiger partial charge in [0.2, 0.25) is 0 Å². The normalized spacial score (nSPS) is 22.9. The molecule has 1 aliphatic heterocycles. The number of nitrogens with zero attached hydrogens (tertiary/aromatic N) is 1. The highest BCUT2D eigenvalue weighted by atomic mass is 15.1. The summed E-state index contributed by atoms with van der Waals surface area (Å²) in [5, 5.41) is 3.65. The maximum atomic E-state index is 3.65. The van der Waals surface area contributed by atoms with Crippen molar-refractivity contribution in [3.63, 3.8) is 0 Å². The maximum absolute atomic E-state index is 3.65. The third-order valence-corrected chi connectivity index (χ3v) is 3.97. The molecule has 1 aromatic rings. The van der Waals surface area contributed by atoms with Crippen LogP contribution in [0, 0.1) is 5.92 Å². The third kappa shape index (κ3) is 4.11. The molecule has 18 heavy (non-hydrogen) atoms. The SMILES string of the molecule is C[C@H](CNC[C@@H]1CCCN(C)C1)c1ccccc1. The molecule has 0 amide bonds. The average Bonchev–Trinajstić information content (AvgIpc) is 2.40. The fraction of sp³-hybridized carbons (Fsp3) is 0.625. The van der Waals surface area contributed by atoms with E-state index in [0.29, 0.717) is 5.92 Å². The molecule has 2 nitrogen and oxygen atoms in total. The largest absolute Gasteiger partial charge is 0.316 e. The Morgan fingerprint density at radius 3 is 2.83 bits per heavy atom. The number of piperidine rings is 1. The summed E-state index contributed by atoms with van der Waals surface area (Å²) in [5.74, 6) is 1.44. The van der Waals surface area contributed by atoms with Crippen molar-refractivity contribution in [1.82, 2.24) is 10.2 Å². The molecule has 0 aliphatic carbocycles. The highest BCUT2D eigenvalue weighted by Gasteiger charge is 2.16. The molecule has 0 bridgehead atoms. The fourth-order valence-electron chi connectivity index (χ4n) is 2.84. The number of hydrogen-bond acceptors (Lipinski definition) is 2. The third-order valence-electron chi connectivity index (χ3n) is 3.97. The minimum atomic E-state index is 0.604. The highest BCUT2D eigenvalue weighted by Crippen LogP contribution is 2.16. The summed E-state index contributed by atoms with van der Waals surface area (Å²) in [4.78, 5) is 2.45. The minimum absolute atomic E-state index is 0.604. The van der Waals surface area contributed by atoms with Crippen LogP contribution < -0.4 is 5.32 Å². The Labute approximate surface area is 111 Å². The second kappa shape index (κ2) is 6.91. The Bertz CT molecular complexity index is 336. The topological polar surface area (TPSA) is 15.3 Å². The Morgan fingerprint density at radius 2 is 2.11 bits per heavy atom. The predicted molar refractivity (Wildman–Crippen MR) is 77.9 cm³/mol. The summed E-state index contributed by atoms with van der Waals surface area (Å²) in [7, 11) is 2.23. The molecule has 1 N–H and O–H groups in total. The van der Waals surface area contributed by atoms with Crippen molar-refractivity contribution in [3.8, 4) is 0 Å². The van der Waals surface area contributed by atoms with Gasteiger partial charge in [-0.15, -0.1) is 0 Å². The lowest BCUT2D eigenvalue weighted by Gasteiger charge is -2.30. The molecule has 0 saturated carbocycles. The Morgan fingerprint density at radius 1 is 1.33 bits per heavy atom. The second-order valence-electron chi connectivity index (χ2n) is 5.74. The first-order valence-electron chi connectivity index (χ1n) is 7.20. The zero-order chi connectivity index (χ0) is 12.8. The Hall–Kier alpha value is -0.860. The van der Waals surface area contributed by atoms with Gasteiger partial charge in [0.25, 0.3) is 0 Å². The van der Waals surface area contributed by atoms with E-state index in [4.69, 9.17) is 0 Å². The zero-order valence-corrected chi connectivity index (χ0v) is 11.7. The van der Waals surface area contributed by atoms with Crippen LogP contribution in [-0.2, 0) is 0 Å². The van der Waals surface area contributed by atoms with E-state index >= 15 is 0 Å². The lowest BCUT2D eigenvalue weighted by atomic mass is 9.97. The first-order valence-corrected chi connectivity index (χ1v) is 7.20. The summed E-state index contributed by atoms with van der Waals surface area (Å²) in [6.07, 6.45) is 2.74. The number of rotatable bonds is 5. The van der Waals surface area contributed by atoms with Gasteiger partial charge in [-0.1, -0.05) is 37.3 Å². The van der Waals surface area contributed by atoms with E-state index in [2.05, 4.69) is 54.5 Å². The van der Waals surface area contributed by atoms with E-state index < -0.39 is 0 Å². The van der Waals surface area contributed by atoms with Crippen molar-refractivity contribution in [3.05, 3.63) is 35.9 Å². The van der Waals surface area contributed by atoms with Gasteiger partial charge in [0.1, 0.15) is 0 Å². The summed E-state index contributed by atoms with van der Waals surface area (Å²) < 4.78 is 0. The maximum Gasteiger partial charge on any atom is 0.00187 e. The van der Waals surface area contributed by atoms with Crippen LogP contribution in [0.25, 0.3) is 0 Å². The first-order chi connectivity index (χ1) is 8.75. The van der Waals surface area contributed by atoms with E-state index in [0.717, 1.165) is 12.5 Å². The molecule has 1 fully saturated rings. The number of nitrogens with one attached hydrogen (secondary N) is 1. The molecule has 0 unspecified atom stereocenters. The van der Waals surface area contributed by atoms with Crippen LogP contribution in [0.2, 0.25) is 0 Å². The smallest absolute Gasteiger partial charge is 0.00187 e. The van der Waals surface area contributed by atoms with Gasteiger partial charge in [0, 0.05) is 13.1 Å². The van der Waals surface area contributed by atoms with E-state index in [-0.39, 0.29) is 0 Å². The van der Waals surface area contributed by atoms with Gasteiger partial charge in [-0.2, -0.15) is 0 Å². The van der Waals surface area contributed by atoms with E-state index in [9.17, 15) is 0 Å². The van der Waals surface area contributed by atoms with E-state index in [1.165, 1.54) is 38.0 Å². The predicted octanol–water partition coefficient (Wildman–Crippen LogP) is 2.72. The lowest BCUT2D eigenvalue weighted by molar-refractivity contribution is 0.206. The molecule has 1 aliphatic rings. The monoisotopic (exact) mass is 246 g/mol. The van der Waals surface area contributed by atoms with Gasteiger partial charge in [-0.25, -0.2) is 0 Å². The van der Waals surface area contributed by atoms with Crippen LogP contribution in [0.5, 0.6) is 0 Å². The number of likely N-dealkylation sites (tertiary alicyclic amines) is 1. The molecular formula is C16H26N2. The van der Waals surface area contributed by atoms with Gasteiger partial charge in [0.05, 0.1) is 0 Å². The van der Waals surface area contributed by atoms with E-state index in [1.54, 1.807) is 0 Å². The standard InChI is InChI=1S/C16H26N2/c1-14(16-8-4-3-5-9-16)11-17-12-15-7-6-10-18(2)13-15/h3-5,8-9,14-15,17H,6-7,10-13H2,1-2H3/t14-,15+/m1/s1. The summed E-state index contributed by atoms with van der Waals surface area (Å²) in [5.41, 5.74) is 1.44. The molecular weight excluding hydrogens is 220 g/mol. The molecule has 2 atom stereocenters. The first kappa shape index (κ1) is 13.6. The summed E-state index contributed by atoms with van der Waals surface area (Å²) in [6, 6.07) is 10.8. The summed E-state index contributed by atoms with van der Waals surface area (Å²) >= 11 is 0. The molecule has 1 heterocycles. The number of benzene rings is 1. The van der Waals surface area contributed by atoms with Crippen molar-refractivity contribution in [2.45, 2.75) is 25.7 Å². The minimum Gasteiger partial charge on any atom is -0.316 e. The molecule has 1 aromatic carbocycles. The van der Waals surface area contributed by atoms with Crippen LogP contribution in [-0.4, -0.2) is 38.1 Å². The van der Waals surface area contributed by atoms with Gasteiger partial charge in [-0.05, 0) is 50.4 Å². The molecule has 2 rings (SSSR count). The second-order valence-corrected chi connectivity index (χ2v) is 5.74. The molecule has 0 radical (unpaired) electrons. The van der Waals surface area contributed by atoms with Crippen molar-refractivity contribution >= 4 is 0 Å². The number of hydrogen-bond donors (Lipinski definition) is 1. The van der Waals surface area contributed by atoms with Crippen LogP contribution in [0.3, 0.4) is 0 Å². The van der Waals surface area contributed by atoms with Gasteiger partial charge in [0.15, 0.2) is 0 Å².